The Hall–Kier alpha value is -1.56. The summed E-state index contributed by atoms with van der Waals surface area (Å²) in [5.41, 5.74) is 0.462. The molecule has 0 saturated heterocycles. The van der Waals surface area contributed by atoms with Gasteiger partial charge in [0, 0.05) is 12.3 Å². The van der Waals surface area contributed by atoms with Gasteiger partial charge in [0.2, 0.25) is 5.91 Å². The van der Waals surface area contributed by atoms with E-state index in [1.165, 1.54) is 6.07 Å². The highest BCUT2D eigenvalue weighted by Gasteiger charge is 2.26. The molecule has 0 radical (unpaired) electrons. The molecule has 1 aromatic carbocycles. The van der Waals surface area contributed by atoms with Gasteiger partial charge < -0.3 is 10.6 Å². The van der Waals surface area contributed by atoms with Crippen LogP contribution in [0, 0.1) is 0 Å². The summed E-state index contributed by atoms with van der Waals surface area (Å²) in [5, 5.41) is 5.84. The highest BCUT2D eigenvalue weighted by atomic mass is 32.2. The molecule has 6 heteroatoms. The van der Waals surface area contributed by atoms with Crippen LogP contribution in [0.15, 0.2) is 29.2 Å². The van der Waals surface area contributed by atoms with E-state index in [0.29, 0.717) is 11.7 Å². The molecule has 1 aliphatic carbocycles. The lowest BCUT2D eigenvalue weighted by atomic mass is 10.2. The number of hydrogen-bond acceptors (Lipinski definition) is 4. The second-order valence-corrected chi connectivity index (χ2v) is 6.90. The number of rotatable bonds is 5. The SMILES string of the molecule is CC(Nc1ccccc1S(C)(=O)=O)C(=O)NC1CC1. The van der Waals surface area contributed by atoms with Crippen molar-refractivity contribution < 1.29 is 13.2 Å². The number of amides is 1. The predicted molar refractivity (Wildman–Crippen MR) is 73.8 cm³/mol. The zero-order chi connectivity index (χ0) is 14.0. The van der Waals surface area contributed by atoms with Gasteiger partial charge in [-0.1, -0.05) is 12.1 Å². The Morgan fingerprint density at radius 1 is 1.32 bits per heavy atom. The molecule has 0 bridgehead atoms. The van der Waals surface area contributed by atoms with Gasteiger partial charge in [0.05, 0.1) is 10.6 Å². The van der Waals surface area contributed by atoms with E-state index in [1.54, 1.807) is 25.1 Å². The minimum Gasteiger partial charge on any atom is -0.373 e. The van der Waals surface area contributed by atoms with E-state index >= 15 is 0 Å². The fraction of sp³-hybridized carbons (Fsp3) is 0.462. The Balaban J connectivity index is 2.12. The van der Waals surface area contributed by atoms with E-state index in [-0.39, 0.29) is 10.8 Å². The van der Waals surface area contributed by atoms with Crippen LogP contribution in [0.2, 0.25) is 0 Å². The number of sulfone groups is 1. The van der Waals surface area contributed by atoms with Gasteiger partial charge in [-0.2, -0.15) is 0 Å². The Labute approximate surface area is 113 Å². The quantitative estimate of drug-likeness (QED) is 0.850. The summed E-state index contributed by atoms with van der Waals surface area (Å²) in [5.74, 6) is -0.106. The maximum absolute atomic E-state index is 11.8. The fourth-order valence-electron chi connectivity index (χ4n) is 1.76. The maximum Gasteiger partial charge on any atom is 0.242 e. The van der Waals surface area contributed by atoms with E-state index in [9.17, 15) is 13.2 Å². The molecule has 1 aliphatic rings. The highest BCUT2D eigenvalue weighted by Crippen LogP contribution is 2.22. The minimum atomic E-state index is -3.31. The molecule has 19 heavy (non-hydrogen) atoms. The summed E-state index contributed by atoms with van der Waals surface area (Å²) in [6.07, 6.45) is 3.21. The van der Waals surface area contributed by atoms with Crippen LogP contribution in [0.4, 0.5) is 5.69 Å². The first-order valence-corrected chi connectivity index (χ1v) is 8.13. The fourth-order valence-corrected chi connectivity index (χ4v) is 2.61. The monoisotopic (exact) mass is 282 g/mol. The van der Waals surface area contributed by atoms with Crippen LogP contribution >= 0.6 is 0 Å². The molecule has 1 atom stereocenters. The number of hydrogen-bond donors (Lipinski definition) is 2. The van der Waals surface area contributed by atoms with Gasteiger partial charge in [-0.3, -0.25) is 4.79 Å². The lowest BCUT2D eigenvalue weighted by Gasteiger charge is -2.17. The summed E-state index contributed by atoms with van der Waals surface area (Å²) in [7, 11) is -3.31. The van der Waals surface area contributed by atoms with Crippen molar-refractivity contribution in [2.24, 2.45) is 0 Å². The summed E-state index contributed by atoms with van der Waals surface area (Å²) in [6, 6.07) is 6.42. The first-order valence-electron chi connectivity index (χ1n) is 6.24. The van der Waals surface area contributed by atoms with Gasteiger partial charge in [0.15, 0.2) is 9.84 Å². The summed E-state index contributed by atoms with van der Waals surface area (Å²) in [4.78, 5) is 12.0. The van der Waals surface area contributed by atoms with Crippen LogP contribution in [0.25, 0.3) is 0 Å². The van der Waals surface area contributed by atoms with Crippen molar-refractivity contribution in [2.45, 2.75) is 36.7 Å². The highest BCUT2D eigenvalue weighted by molar-refractivity contribution is 7.90. The number of benzene rings is 1. The summed E-state index contributed by atoms with van der Waals surface area (Å²) >= 11 is 0. The lowest BCUT2D eigenvalue weighted by Crippen LogP contribution is -2.38. The molecular formula is C13H18N2O3S. The van der Waals surface area contributed by atoms with Crippen molar-refractivity contribution in [3.63, 3.8) is 0 Å². The van der Waals surface area contributed by atoms with Crippen LogP contribution in [0.1, 0.15) is 19.8 Å². The van der Waals surface area contributed by atoms with Gasteiger partial charge in [-0.05, 0) is 31.9 Å². The largest absolute Gasteiger partial charge is 0.373 e. The van der Waals surface area contributed by atoms with Crippen molar-refractivity contribution in [1.82, 2.24) is 5.32 Å². The van der Waals surface area contributed by atoms with Crippen LogP contribution < -0.4 is 10.6 Å². The van der Waals surface area contributed by atoms with Crippen molar-refractivity contribution in [3.8, 4) is 0 Å². The molecule has 1 aromatic rings. The number of nitrogens with one attached hydrogen (secondary N) is 2. The van der Waals surface area contributed by atoms with E-state index in [4.69, 9.17) is 0 Å². The molecule has 5 nitrogen and oxygen atoms in total. The zero-order valence-electron chi connectivity index (χ0n) is 11.0. The summed E-state index contributed by atoms with van der Waals surface area (Å²) in [6.45, 7) is 1.72. The molecule has 1 amide bonds. The van der Waals surface area contributed by atoms with Gasteiger partial charge in [0.25, 0.3) is 0 Å². The number of para-hydroxylation sites is 1. The molecule has 0 aliphatic heterocycles. The van der Waals surface area contributed by atoms with E-state index < -0.39 is 15.9 Å². The Bertz CT molecular complexity index is 579. The molecule has 0 heterocycles. The normalized spacial score (nSPS) is 16.7. The summed E-state index contributed by atoms with van der Waals surface area (Å²) < 4.78 is 23.3. The molecule has 2 rings (SSSR count). The third-order valence-corrected chi connectivity index (χ3v) is 4.13. The van der Waals surface area contributed by atoms with Crippen LogP contribution in [0.5, 0.6) is 0 Å². The van der Waals surface area contributed by atoms with Crippen molar-refractivity contribution in [1.29, 1.82) is 0 Å². The minimum absolute atomic E-state index is 0.106. The molecule has 104 valence electrons. The van der Waals surface area contributed by atoms with E-state index in [0.717, 1.165) is 19.1 Å². The van der Waals surface area contributed by atoms with Crippen molar-refractivity contribution >= 4 is 21.4 Å². The second kappa shape index (κ2) is 5.21. The molecular weight excluding hydrogens is 264 g/mol. The molecule has 0 aromatic heterocycles. The first kappa shape index (κ1) is 13.9. The molecule has 1 saturated carbocycles. The van der Waals surface area contributed by atoms with Gasteiger partial charge >= 0.3 is 0 Å². The van der Waals surface area contributed by atoms with Crippen molar-refractivity contribution in [3.05, 3.63) is 24.3 Å². The van der Waals surface area contributed by atoms with Crippen LogP contribution in [-0.4, -0.2) is 32.7 Å². The van der Waals surface area contributed by atoms with E-state index in [2.05, 4.69) is 10.6 Å². The average molecular weight is 282 g/mol. The Morgan fingerprint density at radius 3 is 2.53 bits per heavy atom. The lowest BCUT2D eigenvalue weighted by molar-refractivity contribution is -0.121. The number of carbonyl (C=O) groups excluding carboxylic acids is 1. The standard InChI is InChI=1S/C13H18N2O3S/c1-9(13(16)15-10-7-8-10)14-11-5-3-4-6-12(11)19(2,17)18/h3-6,9-10,14H,7-8H2,1-2H3,(H,15,16). The predicted octanol–water partition coefficient (Wildman–Crippen LogP) is 1.17. The number of carbonyl (C=O) groups is 1. The van der Waals surface area contributed by atoms with Gasteiger partial charge in [0.1, 0.15) is 6.04 Å². The van der Waals surface area contributed by atoms with Crippen LogP contribution in [0.3, 0.4) is 0 Å². The third kappa shape index (κ3) is 3.70. The van der Waals surface area contributed by atoms with Crippen molar-refractivity contribution in [2.75, 3.05) is 11.6 Å². The topological polar surface area (TPSA) is 75.3 Å². The van der Waals surface area contributed by atoms with E-state index in [1.807, 2.05) is 0 Å². The molecule has 2 N–H and O–H groups in total. The Kier molecular flexibility index (Phi) is 3.80. The second-order valence-electron chi connectivity index (χ2n) is 4.92. The molecule has 1 fully saturated rings. The first-order chi connectivity index (χ1) is 8.88. The maximum atomic E-state index is 11.8. The van der Waals surface area contributed by atoms with Gasteiger partial charge in [-0.15, -0.1) is 0 Å². The molecule has 0 spiro atoms. The Morgan fingerprint density at radius 2 is 1.95 bits per heavy atom. The average Bonchev–Trinajstić information content (AvgIpc) is 3.12. The number of anilines is 1. The van der Waals surface area contributed by atoms with Crippen LogP contribution in [-0.2, 0) is 14.6 Å². The zero-order valence-corrected chi connectivity index (χ0v) is 11.8. The third-order valence-electron chi connectivity index (χ3n) is 2.98. The van der Waals surface area contributed by atoms with Gasteiger partial charge in [-0.25, -0.2) is 8.42 Å². The molecule has 1 unspecified atom stereocenters. The smallest absolute Gasteiger partial charge is 0.242 e.